The molecule has 6 heteroatoms. The monoisotopic (exact) mass is 292 g/mol. The molecule has 0 radical (unpaired) electrons. The lowest BCUT2D eigenvalue weighted by Gasteiger charge is -2.38. The number of benzene rings is 1. The van der Waals surface area contributed by atoms with Gasteiger partial charge in [0.25, 0.3) is 0 Å². The van der Waals surface area contributed by atoms with Crippen molar-refractivity contribution >= 4 is 42.9 Å². The van der Waals surface area contributed by atoms with E-state index in [2.05, 4.69) is 45.2 Å². The predicted octanol–water partition coefficient (Wildman–Crippen LogP) is 2.11. The molecule has 0 saturated carbocycles. The molecule has 3 rings (SSSR count). The number of nitrogens with zero attached hydrogens (tertiary/aromatic N) is 3. The van der Waals surface area contributed by atoms with Crippen LogP contribution in [0.15, 0.2) is 29.4 Å². The highest BCUT2D eigenvalue weighted by atomic mass is 33.1. The van der Waals surface area contributed by atoms with Crippen molar-refractivity contribution in [1.29, 1.82) is 0 Å². The lowest BCUT2D eigenvalue weighted by Crippen LogP contribution is -2.56. The SMILES string of the molecule is C=S(C)Sc1ccc2c(N3CC(N)C3)ncnc2c1. The quantitative estimate of drug-likeness (QED) is 0.693. The first-order chi connectivity index (χ1) is 9.13. The molecule has 2 aromatic rings. The lowest BCUT2D eigenvalue weighted by atomic mass is 10.1. The Morgan fingerprint density at radius 2 is 2.21 bits per heavy atom. The Balaban J connectivity index is 1.99. The molecule has 2 N–H and O–H groups in total. The zero-order valence-corrected chi connectivity index (χ0v) is 12.4. The third-order valence-corrected chi connectivity index (χ3v) is 5.20. The smallest absolute Gasteiger partial charge is 0.139 e. The maximum Gasteiger partial charge on any atom is 0.139 e. The van der Waals surface area contributed by atoms with Gasteiger partial charge in [-0.3, -0.25) is 0 Å². The number of anilines is 1. The van der Waals surface area contributed by atoms with Crippen molar-refractivity contribution in [3.8, 4) is 0 Å². The van der Waals surface area contributed by atoms with Gasteiger partial charge in [0.2, 0.25) is 0 Å². The van der Waals surface area contributed by atoms with E-state index < -0.39 is 0 Å². The van der Waals surface area contributed by atoms with Crippen LogP contribution < -0.4 is 10.6 Å². The van der Waals surface area contributed by atoms with Gasteiger partial charge in [0, 0.05) is 29.4 Å². The Hall–Kier alpha value is -1.11. The van der Waals surface area contributed by atoms with Gasteiger partial charge in [-0.2, -0.15) is 0 Å². The second-order valence-electron chi connectivity index (χ2n) is 4.70. The van der Waals surface area contributed by atoms with Gasteiger partial charge in [-0.1, -0.05) is 16.7 Å². The molecular formula is C13H16N4S2. The molecule has 1 saturated heterocycles. The minimum Gasteiger partial charge on any atom is -0.353 e. The largest absolute Gasteiger partial charge is 0.353 e. The number of hydrogen-bond acceptors (Lipinski definition) is 5. The first-order valence-electron chi connectivity index (χ1n) is 6.03. The Morgan fingerprint density at radius 3 is 2.89 bits per heavy atom. The second kappa shape index (κ2) is 5.11. The summed E-state index contributed by atoms with van der Waals surface area (Å²) in [5.41, 5.74) is 6.82. The van der Waals surface area contributed by atoms with E-state index in [9.17, 15) is 0 Å². The Labute approximate surface area is 118 Å². The topological polar surface area (TPSA) is 55.0 Å². The van der Waals surface area contributed by atoms with Gasteiger partial charge < -0.3 is 10.6 Å². The highest BCUT2D eigenvalue weighted by Gasteiger charge is 2.25. The summed E-state index contributed by atoms with van der Waals surface area (Å²) in [6.07, 6.45) is 3.74. The fraction of sp³-hybridized carbons (Fsp3) is 0.308. The molecule has 4 nitrogen and oxygen atoms in total. The second-order valence-corrected chi connectivity index (χ2v) is 8.69. The Morgan fingerprint density at radius 1 is 1.42 bits per heavy atom. The number of nitrogens with two attached hydrogens (primary N) is 1. The van der Waals surface area contributed by atoms with Crippen molar-refractivity contribution in [2.75, 3.05) is 24.2 Å². The summed E-state index contributed by atoms with van der Waals surface area (Å²) in [4.78, 5) is 12.2. The third kappa shape index (κ3) is 2.61. The van der Waals surface area contributed by atoms with Crippen LogP contribution in [0.2, 0.25) is 0 Å². The molecule has 0 aliphatic carbocycles. The van der Waals surface area contributed by atoms with E-state index in [1.54, 1.807) is 17.1 Å². The third-order valence-electron chi connectivity index (χ3n) is 3.03. The maximum absolute atomic E-state index is 5.83. The van der Waals surface area contributed by atoms with Crippen molar-refractivity contribution in [2.45, 2.75) is 10.9 Å². The number of aromatic nitrogens is 2. The zero-order valence-electron chi connectivity index (χ0n) is 10.7. The average Bonchev–Trinajstić information content (AvgIpc) is 2.33. The summed E-state index contributed by atoms with van der Waals surface area (Å²) < 4.78 is 0. The molecule has 1 unspecified atom stereocenters. The molecule has 1 aromatic carbocycles. The van der Waals surface area contributed by atoms with Gasteiger partial charge in [-0.05, 0) is 24.5 Å². The molecule has 100 valence electrons. The van der Waals surface area contributed by atoms with Crippen molar-refractivity contribution in [3.63, 3.8) is 0 Å². The summed E-state index contributed by atoms with van der Waals surface area (Å²) in [7, 11) is 1.85. The van der Waals surface area contributed by atoms with Crippen molar-refractivity contribution in [1.82, 2.24) is 9.97 Å². The average molecular weight is 292 g/mol. The Kier molecular flexibility index (Phi) is 3.47. The summed E-state index contributed by atoms with van der Waals surface area (Å²) in [5, 5.41) is 1.10. The molecule has 1 atom stereocenters. The highest BCUT2D eigenvalue weighted by molar-refractivity contribution is 8.83. The van der Waals surface area contributed by atoms with Gasteiger partial charge in [-0.25, -0.2) is 9.97 Å². The van der Waals surface area contributed by atoms with Crippen LogP contribution in [-0.2, 0) is 0 Å². The Bertz CT molecular complexity index is 638. The van der Waals surface area contributed by atoms with E-state index in [-0.39, 0.29) is 15.6 Å². The van der Waals surface area contributed by atoms with Gasteiger partial charge in [0.1, 0.15) is 12.1 Å². The molecule has 1 fully saturated rings. The molecule has 0 spiro atoms. The van der Waals surface area contributed by atoms with Crippen LogP contribution in [-0.4, -0.2) is 41.2 Å². The van der Waals surface area contributed by atoms with Crippen LogP contribution in [0.25, 0.3) is 10.9 Å². The minimum atomic E-state index is 0.0775. The van der Waals surface area contributed by atoms with Gasteiger partial charge in [0.15, 0.2) is 0 Å². The first kappa shape index (κ1) is 12.9. The molecule has 1 aliphatic rings. The molecule has 19 heavy (non-hydrogen) atoms. The van der Waals surface area contributed by atoms with E-state index in [4.69, 9.17) is 5.73 Å². The highest BCUT2D eigenvalue weighted by Crippen LogP contribution is 2.36. The number of rotatable bonds is 3. The summed E-state index contributed by atoms with van der Waals surface area (Å²) in [6, 6.07) is 6.60. The fourth-order valence-electron chi connectivity index (χ4n) is 2.18. The van der Waals surface area contributed by atoms with Gasteiger partial charge in [-0.15, -0.1) is 9.52 Å². The van der Waals surface area contributed by atoms with Crippen LogP contribution in [0.3, 0.4) is 0 Å². The van der Waals surface area contributed by atoms with Crippen molar-refractivity contribution in [2.24, 2.45) is 5.73 Å². The van der Waals surface area contributed by atoms with Crippen LogP contribution in [0.5, 0.6) is 0 Å². The van der Waals surface area contributed by atoms with Gasteiger partial charge in [0.05, 0.1) is 5.52 Å². The van der Waals surface area contributed by atoms with Gasteiger partial charge >= 0.3 is 0 Å². The van der Waals surface area contributed by atoms with E-state index in [1.807, 2.05) is 0 Å². The zero-order chi connectivity index (χ0) is 13.4. The normalized spacial score (nSPS) is 17.5. The standard InChI is InChI=1S/C13H16N4S2/c1-19(2)18-10-3-4-11-12(5-10)15-8-16-13(11)17-6-9(14)7-17/h3-5,8-9H,1,6-7,14H2,2H3. The van der Waals surface area contributed by atoms with E-state index in [0.717, 1.165) is 29.8 Å². The number of hydrogen-bond donors (Lipinski definition) is 1. The van der Waals surface area contributed by atoms with Crippen LogP contribution >= 0.6 is 20.3 Å². The molecular weight excluding hydrogens is 276 g/mol. The summed E-state index contributed by atoms with van der Waals surface area (Å²) in [5.74, 6) is 5.02. The molecule has 0 bridgehead atoms. The van der Waals surface area contributed by atoms with Crippen molar-refractivity contribution in [3.05, 3.63) is 24.5 Å². The van der Waals surface area contributed by atoms with E-state index >= 15 is 0 Å². The first-order valence-corrected chi connectivity index (χ1v) is 9.16. The fourth-order valence-corrected chi connectivity index (χ4v) is 4.08. The van der Waals surface area contributed by atoms with Crippen molar-refractivity contribution < 1.29 is 0 Å². The molecule has 1 aliphatic heterocycles. The van der Waals surface area contributed by atoms with E-state index in [0.29, 0.717) is 0 Å². The molecule has 1 aromatic heterocycles. The van der Waals surface area contributed by atoms with Crippen LogP contribution in [0.1, 0.15) is 0 Å². The van der Waals surface area contributed by atoms with Crippen LogP contribution in [0, 0.1) is 0 Å². The summed E-state index contributed by atoms with van der Waals surface area (Å²) >= 11 is 0. The number of fused-ring (bicyclic) bond motifs is 1. The molecule has 0 amide bonds. The van der Waals surface area contributed by atoms with Crippen LogP contribution in [0.4, 0.5) is 5.82 Å². The minimum absolute atomic E-state index is 0.0775. The predicted molar refractivity (Wildman–Crippen MR) is 86.2 cm³/mol. The van der Waals surface area contributed by atoms with E-state index in [1.165, 1.54) is 4.90 Å². The molecule has 2 heterocycles. The summed E-state index contributed by atoms with van der Waals surface area (Å²) in [6.45, 7) is 1.75. The maximum atomic E-state index is 5.83. The lowest BCUT2D eigenvalue weighted by molar-refractivity contribution is 0.516.